The lowest BCUT2D eigenvalue weighted by Gasteiger charge is -2.31. The van der Waals surface area contributed by atoms with E-state index in [1.807, 2.05) is 36.4 Å². The Hall–Kier alpha value is -2.40. The molecule has 1 aliphatic heterocycles. The maximum atomic E-state index is 6.41. The van der Waals surface area contributed by atoms with Gasteiger partial charge in [-0.15, -0.1) is 0 Å². The minimum absolute atomic E-state index is 0.0293. The first kappa shape index (κ1) is 18.4. The fraction of sp³-hybridized carbons (Fsp3) is 0.429. The minimum atomic E-state index is 0.0293. The average molecular weight is 358 g/mol. The van der Waals surface area contributed by atoms with Crippen molar-refractivity contribution in [2.45, 2.75) is 31.5 Å². The molecule has 2 aromatic rings. The van der Waals surface area contributed by atoms with Crippen molar-refractivity contribution in [1.29, 1.82) is 0 Å². The van der Waals surface area contributed by atoms with E-state index in [4.69, 9.17) is 23.7 Å². The van der Waals surface area contributed by atoms with E-state index in [-0.39, 0.29) is 12.2 Å². The minimum Gasteiger partial charge on any atom is -0.493 e. The molecule has 2 aromatic carbocycles. The zero-order chi connectivity index (χ0) is 18.5. The third-order valence-corrected chi connectivity index (χ3v) is 4.82. The van der Waals surface area contributed by atoms with Crippen LogP contribution >= 0.6 is 0 Å². The van der Waals surface area contributed by atoms with Gasteiger partial charge in [0.25, 0.3) is 0 Å². The van der Waals surface area contributed by atoms with Gasteiger partial charge in [0.1, 0.15) is 0 Å². The lowest BCUT2D eigenvalue weighted by atomic mass is 9.94. The van der Waals surface area contributed by atoms with Gasteiger partial charge in [-0.2, -0.15) is 0 Å². The van der Waals surface area contributed by atoms with Crippen LogP contribution in [0.15, 0.2) is 36.4 Å². The number of hydrogen-bond donors (Lipinski definition) is 0. The van der Waals surface area contributed by atoms with E-state index in [0.29, 0.717) is 0 Å². The Labute approximate surface area is 154 Å². The molecule has 1 heterocycles. The summed E-state index contributed by atoms with van der Waals surface area (Å²) in [7, 11) is 6.58. The molecule has 0 radical (unpaired) electrons. The molecule has 0 N–H and O–H groups in total. The van der Waals surface area contributed by atoms with Crippen molar-refractivity contribution in [1.82, 2.24) is 0 Å². The molecule has 0 bridgehead atoms. The van der Waals surface area contributed by atoms with Crippen LogP contribution in [0.5, 0.6) is 23.0 Å². The van der Waals surface area contributed by atoms with E-state index in [2.05, 4.69) is 0 Å². The van der Waals surface area contributed by atoms with Gasteiger partial charge >= 0.3 is 0 Å². The monoisotopic (exact) mass is 358 g/mol. The van der Waals surface area contributed by atoms with Gasteiger partial charge in [-0.3, -0.25) is 0 Å². The summed E-state index contributed by atoms with van der Waals surface area (Å²) in [6.45, 7) is 0. The lowest BCUT2D eigenvalue weighted by molar-refractivity contribution is -0.0536. The largest absolute Gasteiger partial charge is 0.493 e. The fourth-order valence-electron chi connectivity index (χ4n) is 3.42. The molecule has 0 saturated carbocycles. The maximum absolute atomic E-state index is 6.41. The highest BCUT2D eigenvalue weighted by Gasteiger charge is 2.26. The van der Waals surface area contributed by atoms with Crippen LogP contribution in [-0.4, -0.2) is 28.4 Å². The van der Waals surface area contributed by atoms with E-state index >= 15 is 0 Å². The Morgan fingerprint density at radius 1 is 0.654 bits per heavy atom. The third-order valence-electron chi connectivity index (χ3n) is 4.82. The third kappa shape index (κ3) is 3.73. The second-order valence-corrected chi connectivity index (χ2v) is 6.27. The van der Waals surface area contributed by atoms with Gasteiger partial charge in [0.15, 0.2) is 23.0 Å². The summed E-state index contributed by atoms with van der Waals surface area (Å²) in [5, 5.41) is 0. The summed E-state index contributed by atoms with van der Waals surface area (Å²) in [4.78, 5) is 0. The Bertz CT molecular complexity index is 682. The average Bonchev–Trinajstić information content (AvgIpc) is 2.72. The molecule has 26 heavy (non-hydrogen) atoms. The summed E-state index contributed by atoms with van der Waals surface area (Å²) in [5.41, 5.74) is 2.21. The summed E-state index contributed by atoms with van der Waals surface area (Å²) in [6.07, 6.45) is 3.12. The zero-order valence-corrected chi connectivity index (χ0v) is 15.8. The number of benzene rings is 2. The number of rotatable bonds is 6. The number of hydrogen-bond acceptors (Lipinski definition) is 5. The second-order valence-electron chi connectivity index (χ2n) is 6.27. The highest BCUT2D eigenvalue weighted by molar-refractivity contribution is 5.45. The van der Waals surface area contributed by atoms with E-state index in [1.165, 1.54) is 0 Å². The van der Waals surface area contributed by atoms with Gasteiger partial charge in [0.05, 0.1) is 40.6 Å². The Kier molecular flexibility index (Phi) is 5.89. The van der Waals surface area contributed by atoms with Crippen LogP contribution in [-0.2, 0) is 4.74 Å². The van der Waals surface area contributed by atoms with Crippen molar-refractivity contribution in [3.05, 3.63) is 47.5 Å². The van der Waals surface area contributed by atoms with Crippen LogP contribution in [0.3, 0.4) is 0 Å². The predicted molar refractivity (Wildman–Crippen MR) is 99.5 cm³/mol. The van der Waals surface area contributed by atoms with Crippen molar-refractivity contribution in [2.24, 2.45) is 0 Å². The van der Waals surface area contributed by atoms with E-state index in [1.54, 1.807) is 28.4 Å². The van der Waals surface area contributed by atoms with Gasteiger partial charge in [-0.25, -0.2) is 0 Å². The van der Waals surface area contributed by atoms with Crippen LogP contribution in [0.1, 0.15) is 42.6 Å². The number of methoxy groups -OCH3 is 4. The van der Waals surface area contributed by atoms with Crippen molar-refractivity contribution in [3.63, 3.8) is 0 Å². The van der Waals surface area contributed by atoms with E-state index < -0.39 is 0 Å². The molecule has 140 valence electrons. The molecule has 1 fully saturated rings. The lowest BCUT2D eigenvalue weighted by Crippen LogP contribution is -2.16. The van der Waals surface area contributed by atoms with E-state index in [0.717, 1.165) is 53.4 Å². The summed E-state index contributed by atoms with van der Waals surface area (Å²) >= 11 is 0. The van der Waals surface area contributed by atoms with Gasteiger partial charge in [-0.05, 0) is 54.7 Å². The topological polar surface area (TPSA) is 46.2 Å². The molecule has 1 saturated heterocycles. The molecule has 0 amide bonds. The molecule has 0 spiro atoms. The van der Waals surface area contributed by atoms with E-state index in [9.17, 15) is 0 Å². The predicted octanol–water partition coefficient (Wildman–Crippen LogP) is 4.70. The Morgan fingerprint density at radius 2 is 1.08 bits per heavy atom. The first-order valence-electron chi connectivity index (χ1n) is 8.79. The highest BCUT2D eigenvalue weighted by Crippen LogP contribution is 2.42. The first-order chi connectivity index (χ1) is 12.7. The molecule has 0 aliphatic carbocycles. The van der Waals surface area contributed by atoms with Crippen molar-refractivity contribution in [3.8, 4) is 23.0 Å². The standard InChI is InChI=1S/C21H26O5/c1-22-18-10-8-14(12-20(18)24-3)16-6-5-7-17(26-16)15-9-11-19(23-2)21(13-15)25-4/h8-13,16-17H,5-7H2,1-4H3. The second kappa shape index (κ2) is 8.32. The SMILES string of the molecule is COc1ccc(C2CCCC(c3ccc(OC)c(OC)c3)O2)cc1OC. The Morgan fingerprint density at radius 3 is 1.46 bits per heavy atom. The summed E-state index contributed by atoms with van der Waals surface area (Å²) in [6, 6.07) is 11.9. The summed E-state index contributed by atoms with van der Waals surface area (Å²) in [5.74, 6) is 2.90. The van der Waals surface area contributed by atoms with Crippen molar-refractivity contribution in [2.75, 3.05) is 28.4 Å². The molecular weight excluding hydrogens is 332 g/mol. The molecule has 1 aliphatic rings. The van der Waals surface area contributed by atoms with Crippen molar-refractivity contribution < 1.29 is 23.7 Å². The van der Waals surface area contributed by atoms with Crippen LogP contribution in [0.2, 0.25) is 0 Å². The van der Waals surface area contributed by atoms with Gasteiger partial charge in [-0.1, -0.05) is 12.1 Å². The van der Waals surface area contributed by atoms with Gasteiger partial charge < -0.3 is 23.7 Å². The quantitative estimate of drug-likeness (QED) is 0.749. The van der Waals surface area contributed by atoms with Gasteiger partial charge in [0, 0.05) is 0 Å². The highest BCUT2D eigenvalue weighted by atomic mass is 16.5. The molecule has 2 unspecified atom stereocenters. The molecule has 0 aromatic heterocycles. The summed E-state index contributed by atoms with van der Waals surface area (Å²) < 4.78 is 27.9. The molecule has 3 rings (SSSR count). The zero-order valence-electron chi connectivity index (χ0n) is 15.8. The van der Waals surface area contributed by atoms with Crippen LogP contribution in [0, 0.1) is 0 Å². The number of ether oxygens (including phenoxy) is 5. The smallest absolute Gasteiger partial charge is 0.161 e. The Balaban J connectivity index is 1.81. The molecular formula is C21H26O5. The normalized spacial score (nSPS) is 19.7. The molecule has 2 atom stereocenters. The first-order valence-corrected chi connectivity index (χ1v) is 8.79. The maximum Gasteiger partial charge on any atom is 0.161 e. The van der Waals surface area contributed by atoms with Crippen molar-refractivity contribution >= 4 is 0 Å². The fourth-order valence-corrected chi connectivity index (χ4v) is 3.42. The molecule has 5 nitrogen and oxygen atoms in total. The van der Waals surface area contributed by atoms with Crippen LogP contribution in [0.25, 0.3) is 0 Å². The van der Waals surface area contributed by atoms with Crippen LogP contribution in [0.4, 0.5) is 0 Å². The van der Waals surface area contributed by atoms with Gasteiger partial charge in [0.2, 0.25) is 0 Å². The molecule has 5 heteroatoms. The van der Waals surface area contributed by atoms with Crippen LogP contribution < -0.4 is 18.9 Å².